The number of aliphatic hydroxyl groups is 1. The summed E-state index contributed by atoms with van der Waals surface area (Å²) in [4.78, 5) is 22.8. The Morgan fingerprint density at radius 1 is 1.19 bits per heavy atom. The van der Waals surface area contributed by atoms with Gasteiger partial charge in [0.15, 0.2) is 0 Å². The van der Waals surface area contributed by atoms with Gasteiger partial charge in [0.25, 0.3) is 0 Å². The molecule has 1 aromatic rings. The molecule has 0 aromatic heterocycles. The van der Waals surface area contributed by atoms with Crippen molar-refractivity contribution in [1.82, 2.24) is 0 Å². The summed E-state index contributed by atoms with van der Waals surface area (Å²) in [5, 5.41) is 19.9. The van der Waals surface area contributed by atoms with Gasteiger partial charge in [0.1, 0.15) is 0 Å². The van der Waals surface area contributed by atoms with E-state index in [0.717, 1.165) is 30.4 Å². The summed E-state index contributed by atoms with van der Waals surface area (Å²) in [5.74, 6) is -1.32. The summed E-state index contributed by atoms with van der Waals surface area (Å²) in [6.45, 7) is 8.70. The highest BCUT2D eigenvalue weighted by Gasteiger charge is 2.54. The number of carbonyl (C=O) groups excluding carboxylic acids is 1. The number of carboxylic acid groups (broad SMARTS) is 1. The zero-order chi connectivity index (χ0) is 23.0. The van der Waals surface area contributed by atoms with Crippen LogP contribution in [0.1, 0.15) is 89.0 Å². The third-order valence-electron chi connectivity index (χ3n) is 7.85. The Balaban J connectivity index is 1.87. The second-order valence-electron chi connectivity index (χ2n) is 10.3. The molecule has 1 saturated carbocycles. The lowest BCUT2D eigenvalue weighted by Gasteiger charge is -2.56. The fourth-order valence-corrected chi connectivity index (χ4v) is 5.74. The van der Waals surface area contributed by atoms with E-state index < -0.39 is 23.6 Å². The maximum atomic E-state index is 12.0. The number of aliphatic carboxylic acids is 1. The lowest BCUT2D eigenvalue weighted by atomic mass is 9.49. The molecule has 2 N–H and O–H groups in total. The number of carbonyl (C=O) groups is 2. The van der Waals surface area contributed by atoms with E-state index in [-0.39, 0.29) is 36.2 Å². The van der Waals surface area contributed by atoms with Gasteiger partial charge in [0, 0.05) is 12.5 Å². The van der Waals surface area contributed by atoms with Gasteiger partial charge in [-0.05, 0) is 61.1 Å². The van der Waals surface area contributed by atoms with Gasteiger partial charge in [0.05, 0.1) is 31.2 Å². The lowest BCUT2D eigenvalue weighted by molar-refractivity contribution is -0.154. The third kappa shape index (κ3) is 4.51. The van der Waals surface area contributed by atoms with Crippen molar-refractivity contribution in [3.8, 4) is 0 Å². The average Bonchev–Trinajstić information content (AvgIpc) is 2.72. The number of benzene rings is 1. The van der Waals surface area contributed by atoms with Crippen LogP contribution in [0.4, 0.5) is 0 Å². The molecule has 4 atom stereocenters. The number of ether oxygens (including phenoxy) is 2. The molecular weight excluding hydrogens is 396 g/mol. The van der Waals surface area contributed by atoms with E-state index in [1.165, 1.54) is 5.56 Å². The van der Waals surface area contributed by atoms with Crippen LogP contribution in [-0.2, 0) is 30.1 Å². The molecule has 1 fully saturated rings. The topological polar surface area (TPSA) is 93.1 Å². The average molecular weight is 433 g/mol. The predicted octanol–water partition coefficient (Wildman–Crippen LogP) is 4.48. The van der Waals surface area contributed by atoms with E-state index >= 15 is 0 Å². The van der Waals surface area contributed by atoms with Crippen molar-refractivity contribution >= 4 is 11.9 Å². The minimum Gasteiger partial charge on any atom is -0.481 e. The standard InChI is InChI=1S/C25H36O6/c1-23(2,30-5)16-7-8-18-17(13-16)19(26)14-20-24(3,11-6-12-25(18,20)4)15-31-22(29)10-9-21(27)28/h7-8,13,19-20,26H,6,9-12,14-15H2,1-5H3,(H,27,28)/t19-,20+,24+,25-/m1/s1. The number of hydrogen-bond donors (Lipinski definition) is 2. The van der Waals surface area contributed by atoms with Crippen molar-refractivity contribution in [3.05, 3.63) is 34.9 Å². The van der Waals surface area contributed by atoms with Crippen LogP contribution >= 0.6 is 0 Å². The highest BCUT2D eigenvalue weighted by molar-refractivity contribution is 5.76. The first-order valence-electron chi connectivity index (χ1n) is 11.2. The first-order chi connectivity index (χ1) is 14.4. The monoisotopic (exact) mass is 432 g/mol. The van der Waals surface area contributed by atoms with Crippen LogP contribution in [0.5, 0.6) is 0 Å². The van der Waals surface area contributed by atoms with Crippen molar-refractivity contribution in [2.24, 2.45) is 11.3 Å². The molecule has 172 valence electrons. The number of fused-ring (bicyclic) bond motifs is 3. The van der Waals surface area contributed by atoms with Crippen molar-refractivity contribution < 1.29 is 29.3 Å². The van der Waals surface area contributed by atoms with Crippen LogP contribution in [0, 0.1) is 11.3 Å². The van der Waals surface area contributed by atoms with E-state index in [0.29, 0.717) is 6.42 Å². The Morgan fingerprint density at radius 3 is 2.55 bits per heavy atom. The van der Waals surface area contributed by atoms with Crippen LogP contribution in [0.3, 0.4) is 0 Å². The quantitative estimate of drug-likeness (QED) is 0.617. The van der Waals surface area contributed by atoms with Crippen LogP contribution in [-0.4, -0.2) is 35.9 Å². The van der Waals surface area contributed by atoms with Gasteiger partial charge >= 0.3 is 11.9 Å². The number of rotatable bonds is 7. The van der Waals surface area contributed by atoms with Crippen LogP contribution in [0.15, 0.2) is 18.2 Å². The van der Waals surface area contributed by atoms with Crippen LogP contribution in [0.25, 0.3) is 0 Å². The summed E-state index contributed by atoms with van der Waals surface area (Å²) in [7, 11) is 1.69. The number of hydrogen-bond acceptors (Lipinski definition) is 5. The highest BCUT2D eigenvalue weighted by Crippen LogP contribution is 2.59. The number of methoxy groups -OCH3 is 1. The minimum atomic E-state index is -1.00. The van der Waals surface area contributed by atoms with Gasteiger partial charge in [-0.2, -0.15) is 0 Å². The van der Waals surface area contributed by atoms with Crippen molar-refractivity contribution in [2.45, 2.75) is 83.3 Å². The lowest BCUT2D eigenvalue weighted by Crippen LogP contribution is -2.51. The van der Waals surface area contributed by atoms with Crippen molar-refractivity contribution in [2.75, 3.05) is 13.7 Å². The summed E-state index contributed by atoms with van der Waals surface area (Å²) < 4.78 is 11.2. The van der Waals surface area contributed by atoms with Gasteiger partial charge in [0.2, 0.25) is 0 Å². The number of aliphatic hydroxyl groups excluding tert-OH is 1. The number of carboxylic acids is 1. The molecular formula is C25H36O6. The van der Waals surface area contributed by atoms with Gasteiger partial charge in [-0.3, -0.25) is 9.59 Å². The molecule has 2 aliphatic carbocycles. The molecule has 0 aliphatic heterocycles. The molecule has 0 spiro atoms. The smallest absolute Gasteiger partial charge is 0.306 e. The van der Waals surface area contributed by atoms with E-state index in [9.17, 15) is 14.7 Å². The largest absolute Gasteiger partial charge is 0.481 e. The van der Waals surface area contributed by atoms with Crippen LogP contribution in [0.2, 0.25) is 0 Å². The fourth-order valence-electron chi connectivity index (χ4n) is 5.74. The van der Waals surface area contributed by atoms with Gasteiger partial charge in [-0.25, -0.2) is 0 Å². The fraction of sp³-hybridized carbons (Fsp3) is 0.680. The molecule has 0 amide bonds. The molecule has 3 rings (SSSR count). The summed E-state index contributed by atoms with van der Waals surface area (Å²) in [5.41, 5.74) is 2.37. The van der Waals surface area contributed by atoms with Crippen LogP contribution < -0.4 is 0 Å². The summed E-state index contributed by atoms with van der Waals surface area (Å²) in [6, 6.07) is 6.33. The number of esters is 1. The Kier molecular flexibility index (Phi) is 6.55. The van der Waals surface area contributed by atoms with E-state index in [1.54, 1.807) is 7.11 Å². The molecule has 0 saturated heterocycles. The maximum Gasteiger partial charge on any atom is 0.306 e. The maximum absolute atomic E-state index is 12.0. The predicted molar refractivity (Wildman–Crippen MR) is 117 cm³/mol. The molecule has 31 heavy (non-hydrogen) atoms. The van der Waals surface area contributed by atoms with E-state index in [1.807, 2.05) is 13.8 Å². The van der Waals surface area contributed by atoms with Gasteiger partial charge in [-0.15, -0.1) is 0 Å². The Morgan fingerprint density at radius 2 is 1.90 bits per heavy atom. The Hall–Kier alpha value is -1.92. The molecule has 2 aliphatic rings. The summed E-state index contributed by atoms with van der Waals surface area (Å²) in [6.07, 6.45) is 2.64. The van der Waals surface area contributed by atoms with E-state index in [4.69, 9.17) is 14.6 Å². The van der Waals surface area contributed by atoms with Crippen molar-refractivity contribution in [3.63, 3.8) is 0 Å². The first kappa shape index (κ1) is 23.7. The molecule has 0 bridgehead atoms. The van der Waals surface area contributed by atoms with E-state index in [2.05, 4.69) is 32.0 Å². The minimum absolute atomic E-state index is 0.114. The molecule has 1 aromatic carbocycles. The second kappa shape index (κ2) is 8.55. The van der Waals surface area contributed by atoms with Crippen molar-refractivity contribution in [1.29, 1.82) is 0 Å². The highest BCUT2D eigenvalue weighted by atomic mass is 16.5. The zero-order valence-electron chi connectivity index (χ0n) is 19.4. The first-order valence-corrected chi connectivity index (χ1v) is 11.2. The Bertz CT molecular complexity index is 846. The summed E-state index contributed by atoms with van der Waals surface area (Å²) >= 11 is 0. The zero-order valence-corrected chi connectivity index (χ0v) is 19.4. The Labute approximate surface area is 184 Å². The molecule has 6 nitrogen and oxygen atoms in total. The normalized spacial score (nSPS) is 30.3. The molecule has 0 radical (unpaired) electrons. The van der Waals surface area contributed by atoms with Gasteiger partial charge < -0.3 is 19.7 Å². The second-order valence-corrected chi connectivity index (χ2v) is 10.3. The van der Waals surface area contributed by atoms with Gasteiger partial charge in [-0.1, -0.05) is 38.5 Å². The molecule has 0 unspecified atom stereocenters. The third-order valence-corrected chi connectivity index (χ3v) is 7.85. The molecule has 0 heterocycles. The molecule has 6 heteroatoms. The SMILES string of the molecule is COC(C)(C)c1ccc2c(c1)[C@H](O)C[C@H]1[C@](C)(COC(=O)CCC(=O)O)CCC[C@]21C.